The molecule has 3 rings (SSSR count). The lowest BCUT2D eigenvalue weighted by molar-refractivity contribution is -0.143. The number of amides is 1. The number of carbonyl (C=O) groups excluding carboxylic acids is 1. The average molecular weight is 351 g/mol. The molecule has 0 spiro atoms. The van der Waals surface area contributed by atoms with Gasteiger partial charge in [0, 0.05) is 18.7 Å². The Morgan fingerprint density at radius 1 is 1.09 bits per heavy atom. The number of nitrogens with zero attached hydrogens (tertiary/aromatic N) is 1. The predicted molar refractivity (Wildman–Crippen MR) is 95.0 cm³/mol. The minimum absolute atomic E-state index is 0.0496. The Labute approximate surface area is 145 Å². The Morgan fingerprint density at radius 2 is 1.78 bits per heavy atom. The minimum atomic E-state index is -0.802. The molecule has 1 aromatic carbocycles. The summed E-state index contributed by atoms with van der Waals surface area (Å²) in [6.07, 6.45) is 2.69. The topological polar surface area (TPSA) is 57.6 Å². The molecule has 23 heavy (non-hydrogen) atoms. The quantitative estimate of drug-likeness (QED) is 0.903. The first kappa shape index (κ1) is 16.7. The monoisotopic (exact) mass is 351 g/mol. The number of likely N-dealkylation sites (tertiary alicyclic amines) is 1. The third-order valence-corrected chi connectivity index (χ3v) is 7.33. The Hall–Kier alpha value is -1.14. The molecule has 0 bridgehead atoms. The summed E-state index contributed by atoms with van der Waals surface area (Å²) in [6.45, 7) is 0.975. The molecule has 1 atom stereocenters. The second-order valence-electron chi connectivity index (χ2n) is 5.98. The summed E-state index contributed by atoms with van der Waals surface area (Å²) in [5.74, 6) is 1.11. The molecule has 2 aliphatic heterocycles. The van der Waals surface area contributed by atoms with Crippen molar-refractivity contribution in [1.82, 2.24) is 4.90 Å². The summed E-state index contributed by atoms with van der Waals surface area (Å²) in [5, 5.41) is 9.15. The molecular weight excluding hydrogens is 330 g/mol. The van der Waals surface area contributed by atoms with Gasteiger partial charge in [0.1, 0.15) is 0 Å². The number of aliphatic carboxylic acids is 1. The lowest BCUT2D eigenvalue weighted by Gasteiger charge is -2.30. The van der Waals surface area contributed by atoms with Crippen LogP contribution in [0, 0.1) is 5.92 Å². The molecule has 2 saturated heterocycles. The van der Waals surface area contributed by atoms with Crippen molar-refractivity contribution in [3.63, 3.8) is 0 Å². The fourth-order valence-electron chi connectivity index (χ4n) is 3.01. The van der Waals surface area contributed by atoms with Crippen LogP contribution < -0.4 is 0 Å². The minimum Gasteiger partial charge on any atom is -0.481 e. The van der Waals surface area contributed by atoms with Crippen LogP contribution in [0.2, 0.25) is 0 Å². The average Bonchev–Trinajstić information content (AvgIpc) is 2.62. The van der Waals surface area contributed by atoms with E-state index in [1.54, 1.807) is 4.90 Å². The van der Waals surface area contributed by atoms with Crippen LogP contribution in [-0.4, -0.2) is 46.5 Å². The maximum Gasteiger partial charge on any atom is 0.308 e. The highest BCUT2D eigenvalue weighted by Gasteiger charge is 2.28. The molecule has 1 aromatic rings. The van der Waals surface area contributed by atoms with Crippen LogP contribution in [0.15, 0.2) is 24.3 Å². The van der Waals surface area contributed by atoms with Crippen molar-refractivity contribution < 1.29 is 14.7 Å². The number of hydrogen-bond donors (Lipinski definition) is 1. The predicted octanol–water partition coefficient (Wildman–Crippen LogP) is 3.49. The molecular formula is C17H21NO3S2. The van der Waals surface area contributed by atoms with Crippen LogP contribution >= 0.6 is 23.5 Å². The summed E-state index contributed by atoms with van der Waals surface area (Å²) >= 11 is 3.93. The van der Waals surface area contributed by atoms with Gasteiger partial charge in [-0.3, -0.25) is 9.59 Å². The van der Waals surface area contributed by atoms with Crippen LogP contribution in [0.3, 0.4) is 0 Å². The van der Waals surface area contributed by atoms with Crippen molar-refractivity contribution in [1.29, 1.82) is 0 Å². The second kappa shape index (κ2) is 7.62. The van der Waals surface area contributed by atoms with Gasteiger partial charge in [-0.1, -0.05) is 12.1 Å². The Kier molecular flexibility index (Phi) is 5.54. The Bertz CT molecular complexity index is 570. The van der Waals surface area contributed by atoms with Gasteiger partial charge in [0.2, 0.25) is 0 Å². The SMILES string of the molecule is O=C(O)C1CCCN(C(=O)c2ccc(C3SCCCS3)cc2)C1. The smallest absolute Gasteiger partial charge is 0.308 e. The first-order chi connectivity index (χ1) is 11.1. The standard InChI is InChI=1S/C17H21NO3S2/c19-15(18-8-1-3-14(11-18)16(20)21)12-4-6-13(7-5-12)17-22-9-2-10-23-17/h4-7,14,17H,1-3,8-11H2,(H,20,21). The Balaban J connectivity index is 1.66. The molecule has 0 radical (unpaired) electrons. The number of carbonyl (C=O) groups is 2. The van der Waals surface area contributed by atoms with Crippen molar-refractivity contribution in [3.8, 4) is 0 Å². The molecule has 0 aromatic heterocycles. The van der Waals surface area contributed by atoms with Gasteiger partial charge >= 0.3 is 5.97 Å². The van der Waals surface area contributed by atoms with Crippen molar-refractivity contribution in [2.24, 2.45) is 5.92 Å². The van der Waals surface area contributed by atoms with E-state index in [0.717, 1.165) is 6.42 Å². The van der Waals surface area contributed by atoms with Crippen LogP contribution in [0.25, 0.3) is 0 Å². The molecule has 0 saturated carbocycles. The molecule has 1 amide bonds. The van der Waals surface area contributed by atoms with E-state index < -0.39 is 11.9 Å². The zero-order valence-corrected chi connectivity index (χ0v) is 14.6. The summed E-state index contributed by atoms with van der Waals surface area (Å²) in [7, 11) is 0. The number of rotatable bonds is 3. The molecule has 1 N–H and O–H groups in total. The number of benzene rings is 1. The third kappa shape index (κ3) is 4.04. The largest absolute Gasteiger partial charge is 0.481 e. The van der Waals surface area contributed by atoms with Crippen LogP contribution in [-0.2, 0) is 4.79 Å². The summed E-state index contributed by atoms with van der Waals surface area (Å²) in [6, 6.07) is 7.86. The van der Waals surface area contributed by atoms with Crippen LogP contribution in [0.1, 0.15) is 39.8 Å². The van der Waals surface area contributed by atoms with Crippen molar-refractivity contribution in [2.45, 2.75) is 23.8 Å². The molecule has 6 heteroatoms. The number of thioether (sulfide) groups is 2. The molecule has 2 aliphatic rings. The fraction of sp³-hybridized carbons (Fsp3) is 0.529. The van der Waals surface area contributed by atoms with Gasteiger partial charge in [-0.2, -0.15) is 0 Å². The zero-order chi connectivity index (χ0) is 16.2. The van der Waals surface area contributed by atoms with E-state index in [-0.39, 0.29) is 5.91 Å². The molecule has 124 valence electrons. The number of carboxylic acid groups (broad SMARTS) is 1. The first-order valence-corrected chi connectivity index (χ1v) is 10.1. The number of piperidine rings is 1. The summed E-state index contributed by atoms with van der Waals surface area (Å²) in [4.78, 5) is 25.4. The van der Waals surface area contributed by atoms with Crippen LogP contribution in [0.5, 0.6) is 0 Å². The highest BCUT2D eigenvalue weighted by atomic mass is 32.2. The van der Waals surface area contributed by atoms with Gasteiger partial charge < -0.3 is 10.0 Å². The van der Waals surface area contributed by atoms with Gasteiger partial charge in [0.25, 0.3) is 5.91 Å². The van der Waals surface area contributed by atoms with Crippen molar-refractivity contribution in [3.05, 3.63) is 35.4 Å². The fourth-order valence-corrected chi connectivity index (χ4v) is 5.90. The summed E-state index contributed by atoms with van der Waals surface area (Å²) < 4.78 is 0.472. The van der Waals surface area contributed by atoms with E-state index in [2.05, 4.69) is 0 Å². The molecule has 4 nitrogen and oxygen atoms in total. The highest BCUT2D eigenvalue weighted by Crippen LogP contribution is 2.43. The lowest BCUT2D eigenvalue weighted by atomic mass is 9.97. The molecule has 2 heterocycles. The van der Waals surface area contributed by atoms with Crippen molar-refractivity contribution >= 4 is 35.4 Å². The number of carboxylic acids is 1. The number of hydrogen-bond acceptors (Lipinski definition) is 4. The van der Waals surface area contributed by atoms with Crippen LogP contribution in [0.4, 0.5) is 0 Å². The van der Waals surface area contributed by atoms with E-state index >= 15 is 0 Å². The first-order valence-electron chi connectivity index (χ1n) is 8.00. The van der Waals surface area contributed by atoms with Gasteiger partial charge in [-0.25, -0.2) is 0 Å². The molecule has 1 unspecified atom stereocenters. The molecule has 0 aliphatic carbocycles. The zero-order valence-electron chi connectivity index (χ0n) is 12.9. The van der Waals surface area contributed by atoms with Gasteiger partial charge in [0.05, 0.1) is 10.5 Å². The van der Waals surface area contributed by atoms with Gasteiger partial charge in [0.15, 0.2) is 0 Å². The lowest BCUT2D eigenvalue weighted by Crippen LogP contribution is -2.42. The van der Waals surface area contributed by atoms with E-state index in [4.69, 9.17) is 5.11 Å². The van der Waals surface area contributed by atoms with Gasteiger partial charge in [-0.05, 0) is 48.5 Å². The maximum absolute atomic E-state index is 12.6. The Morgan fingerprint density at radius 3 is 2.43 bits per heavy atom. The van der Waals surface area contributed by atoms with Gasteiger partial charge in [-0.15, -0.1) is 23.5 Å². The highest BCUT2D eigenvalue weighted by molar-refractivity contribution is 8.16. The normalized spacial score (nSPS) is 22.8. The van der Waals surface area contributed by atoms with E-state index in [9.17, 15) is 9.59 Å². The van der Waals surface area contributed by atoms with E-state index in [1.165, 1.54) is 23.5 Å². The summed E-state index contributed by atoms with van der Waals surface area (Å²) in [5.41, 5.74) is 1.92. The molecule has 2 fully saturated rings. The third-order valence-electron chi connectivity index (χ3n) is 4.31. The second-order valence-corrected chi connectivity index (χ2v) is 8.70. The van der Waals surface area contributed by atoms with E-state index in [0.29, 0.717) is 29.7 Å². The van der Waals surface area contributed by atoms with Crippen molar-refractivity contribution in [2.75, 3.05) is 24.6 Å². The van der Waals surface area contributed by atoms with E-state index in [1.807, 2.05) is 47.8 Å². The maximum atomic E-state index is 12.6.